The van der Waals surface area contributed by atoms with Gasteiger partial charge in [-0.15, -0.1) is 0 Å². The largest absolute Gasteiger partial charge is 0.362 e. The average Bonchev–Trinajstić information content (AvgIpc) is 2.60. The van der Waals surface area contributed by atoms with Gasteiger partial charge in [-0.05, 0) is 35.0 Å². The van der Waals surface area contributed by atoms with E-state index in [1.54, 1.807) is 6.07 Å². The highest BCUT2D eigenvalue weighted by Gasteiger charge is 2.34. The summed E-state index contributed by atoms with van der Waals surface area (Å²) < 4.78 is -0.881. The van der Waals surface area contributed by atoms with Crippen molar-refractivity contribution in [3.8, 4) is 0 Å². The Morgan fingerprint density at radius 3 is 2.38 bits per heavy atom. The number of fused-ring (bicyclic) bond motifs is 1. The standard InChI is InChI=1S/C19H14BrCl3N2O/c20-13-7-4-8-14(11-13)24-18(19(21,22)23)25-17(26)16-10-3-6-12-5-1-2-9-15(12)16/h1-11,18,24H,(H,25,26). The molecule has 3 rings (SSSR count). The highest BCUT2D eigenvalue weighted by atomic mass is 79.9. The lowest BCUT2D eigenvalue weighted by Crippen LogP contribution is -2.49. The van der Waals surface area contributed by atoms with Crippen LogP contribution in [0.4, 0.5) is 5.69 Å². The minimum Gasteiger partial charge on any atom is -0.362 e. The summed E-state index contributed by atoms with van der Waals surface area (Å²) in [6, 6.07) is 20.5. The van der Waals surface area contributed by atoms with Crippen molar-refractivity contribution in [3.05, 3.63) is 76.8 Å². The van der Waals surface area contributed by atoms with E-state index in [0.717, 1.165) is 15.2 Å². The first kappa shape index (κ1) is 19.3. The Labute approximate surface area is 174 Å². The molecule has 3 nitrogen and oxygen atoms in total. The molecule has 134 valence electrons. The van der Waals surface area contributed by atoms with Crippen LogP contribution in [0.3, 0.4) is 0 Å². The summed E-state index contributed by atoms with van der Waals surface area (Å²) in [4.78, 5) is 12.8. The quantitative estimate of drug-likeness (QED) is 0.354. The zero-order chi connectivity index (χ0) is 18.7. The van der Waals surface area contributed by atoms with Crippen LogP contribution < -0.4 is 10.6 Å². The second-order valence-electron chi connectivity index (χ2n) is 5.63. The lowest BCUT2D eigenvalue weighted by atomic mass is 10.0. The predicted molar refractivity (Wildman–Crippen MR) is 113 cm³/mol. The van der Waals surface area contributed by atoms with Gasteiger partial charge >= 0.3 is 0 Å². The predicted octanol–water partition coefficient (Wildman–Crippen LogP) is 6.14. The number of hydrogen-bond donors (Lipinski definition) is 2. The molecule has 0 saturated carbocycles. The first-order chi connectivity index (χ1) is 12.3. The molecule has 0 aliphatic heterocycles. The maximum Gasteiger partial charge on any atom is 0.253 e. The summed E-state index contributed by atoms with van der Waals surface area (Å²) in [5.74, 6) is -0.333. The zero-order valence-electron chi connectivity index (χ0n) is 13.3. The lowest BCUT2D eigenvalue weighted by molar-refractivity contribution is 0.0943. The van der Waals surface area contributed by atoms with Gasteiger partial charge < -0.3 is 10.6 Å². The van der Waals surface area contributed by atoms with Crippen molar-refractivity contribution in [2.45, 2.75) is 9.96 Å². The molecule has 0 aliphatic rings. The van der Waals surface area contributed by atoms with Crippen molar-refractivity contribution < 1.29 is 4.79 Å². The Hall–Kier alpha value is -1.46. The molecule has 3 aromatic carbocycles. The van der Waals surface area contributed by atoms with Crippen molar-refractivity contribution in [2.75, 3.05) is 5.32 Å². The summed E-state index contributed by atoms with van der Waals surface area (Å²) in [6.45, 7) is 0. The van der Waals surface area contributed by atoms with E-state index < -0.39 is 9.96 Å². The average molecular weight is 473 g/mol. The number of rotatable bonds is 4. The smallest absolute Gasteiger partial charge is 0.253 e. The minimum absolute atomic E-state index is 0.333. The number of nitrogens with one attached hydrogen (secondary N) is 2. The van der Waals surface area contributed by atoms with Gasteiger partial charge in [-0.1, -0.05) is 93.2 Å². The van der Waals surface area contributed by atoms with Crippen LogP contribution in [0.15, 0.2) is 71.2 Å². The van der Waals surface area contributed by atoms with Crippen LogP contribution in [-0.4, -0.2) is 15.9 Å². The summed E-state index contributed by atoms with van der Waals surface area (Å²) in [7, 11) is 0. The number of benzene rings is 3. The highest BCUT2D eigenvalue weighted by Crippen LogP contribution is 2.32. The number of halogens is 4. The molecule has 26 heavy (non-hydrogen) atoms. The van der Waals surface area contributed by atoms with Gasteiger partial charge in [0.15, 0.2) is 0 Å². The molecule has 0 aromatic heterocycles. The molecule has 0 fully saturated rings. The maximum absolute atomic E-state index is 12.8. The van der Waals surface area contributed by atoms with Crippen LogP contribution in [0, 0.1) is 0 Å². The molecular formula is C19H14BrCl3N2O. The molecular weight excluding hydrogens is 458 g/mol. The topological polar surface area (TPSA) is 41.1 Å². The monoisotopic (exact) mass is 470 g/mol. The normalized spacial score (nSPS) is 12.6. The van der Waals surface area contributed by atoms with E-state index in [1.807, 2.05) is 60.7 Å². The number of carbonyl (C=O) groups is 1. The molecule has 1 unspecified atom stereocenters. The van der Waals surface area contributed by atoms with Gasteiger partial charge in [0, 0.05) is 15.7 Å². The Balaban J connectivity index is 1.88. The maximum atomic E-state index is 12.8. The molecule has 1 amide bonds. The van der Waals surface area contributed by atoms with Crippen molar-refractivity contribution in [2.24, 2.45) is 0 Å². The van der Waals surface area contributed by atoms with Crippen molar-refractivity contribution in [3.63, 3.8) is 0 Å². The second kappa shape index (κ2) is 8.05. The van der Waals surface area contributed by atoms with Gasteiger partial charge in [0.05, 0.1) is 0 Å². The number of anilines is 1. The van der Waals surface area contributed by atoms with Gasteiger partial charge in [-0.3, -0.25) is 4.79 Å². The number of amides is 1. The van der Waals surface area contributed by atoms with E-state index in [4.69, 9.17) is 34.8 Å². The fourth-order valence-corrected chi connectivity index (χ4v) is 3.30. The molecule has 7 heteroatoms. The van der Waals surface area contributed by atoms with E-state index >= 15 is 0 Å². The van der Waals surface area contributed by atoms with Crippen LogP contribution >= 0.6 is 50.7 Å². The summed E-state index contributed by atoms with van der Waals surface area (Å²) in [5.41, 5.74) is 1.22. The van der Waals surface area contributed by atoms with Gasteiger partial charge in [0.2, 0.25) is 3.79 Å². The number of carbonyl (C=O) groups excluding carboxylic acids is 1. The third-order valence-electron chi connectivity index (χ3n) is 3.77. The Morgan fingerprint density at radius 2 is 1.65 bits per heavy atom. The van der Waals surface area contributed by atoms with Crippen LogP contribution in [0.1, 0.15) is 10.4 Å². The number of hydrogen-bond acceptors (Lipinski definition) is 2. The van der Waals surface area contributed by atoms with Gasteiger partial charge in [-0.25, -0.2) is 0 Å². The SMILES string of the molecule is O=C(NC(Nc1cccc(Br)c1)C(Cl)(Cl)Cl)c1cccc2ccccc12. The molecule has 0 aliphatic carbocycles. The molecule has 0 spiro atoms. The van der Waals surface area contributed by atoms with Crippen molar-refractivity contribution >= 4 is 73.1 Å². The van der Waals surface area contributed by atoms with E-state index in [0.29, 0.717) is 11.3 Å². The summed E-state index contributed by atoms with van der Waals surface area (Å²) in [5, 5.41) is 7.62. The van der Waals surface area contributed by atoms with Crippen LogP contribution in [-0.2, 0) is 0 Å². The van der Waals surface area contributed by atoms with E-state index in [9.17, 15) is 4.79 Å². The van der Waals surface area contributed by atoms with Crippen molar-refractivity contribution in [1.82, 2.24) is 5.32 Å². The molecule has 2 N–H and O–H groups in total. The van der Waals surface area contributed by atoms with Gasteiger partial charge in [0.1, 0.15) is 6.17 Å². The highest BCUT2D eigenvalue weighted by molar-refractivity contribution is 9.10. The molecule has 3 aromatic rings. The van der Waals surface area contributed by atoms with Crippen LogP contribution in [0.2, 0.25) is 0 Å². The third kappa shape index (κ3) is 4.63. The summed E-state index contributed by atoms with van der Waals surface area (Å²) >= 11 is 21.6. The Bertz CT molecular complexity index is 938. The number of alkyl halides is 3. The third-order valence-corrected chi connectivity index (χ3v) is 4.92. The van der Waals surface area contributed by atoms with Crippen molar-refractivity contribution in [1.29, 1.82) is 0 Å². The molecule has 0 saturated heterocycles. The first-order valence-corrected chi connectivity index (χ1v) is 9.65. The van der Waals surface area contributed by atoms with E-state index in [1.165, 1.54) is 0 Å². The lowest BCUT2D eigenvalue weighted by Gasteiger charge is -2.27. The van der Waals surface area contributed by atoms with E-state index in [-0.39, 0.29) is 5.91 Å². The van der Waals surface area contributed by atoms with E-state index in [2.05, 4.69) is 26.6 Å². The molecule has 0 bridgehead atoms. The fourth-order valence-electron chi connectivity index (χ4n) is 2.58. The van der Waals surface area contributed by atoms with Crippen LogP contribution in [0.5, 0.6) is 0 Å². The zero-order valence-corrected chi connectivity index (χ0v) is 17.2. The minimum atomic E-state index is -1.75. The molecule has 1 atom stereocenters. The summed E-state index contributed by atoms with van der Waals surface area (Å²) in [6.07, 6.45) is -0.923. The molecule has 0 heterocycles. The Morgan fingerprint density at radius 1 is 0.962 bits per heavy atom. The fraction of sp³-hybridized carbons (Fsp3) is 0.105. The second-order valence-corrected chi connectivity index (χ2v) is 8.91. The molecule has 0 radical (unpaired) electrons. The van der Waals surface area contributed by atoms with Gasteiger partial charge in [-0.2, -0.15) is 0 Å². The first-order valence-electron chi connectivity index (χ1n) is 7.72. The van der Waals surface area contributed by atoms with Gasteiger partial charge in [0.25, 0.3) is 5.91 Å². The van der Waals surface area contributed by atoms with Crippen LogP contribution in [0.25, 0.3) is 10.8 Å². The Kier molecular flexibility index (Phi) is 5.98.